The van der Waals surface area contributed by atoms with E-state index in [1.54, 1.807) is 11.3 Å². The second kappa shape index (κ2) is 4.21. The lowest BCUT2D eigenvalue weighted by Crippen LogP contribution is -2.22. The van der Waals surface area contributed by atoms with Crippen LogP contribution in [-0.4, -0.2) is 6.54 Å². The van der Waals surface area contributed by atoms with Crippen molar-refractivity contribution in [2.75, 3.05) is 6.54 Å². The molecule has 1 fully saturated rings. The van der Waals surface area contributed by atoms with E-state index in [4.69, 9.17) is 11.6 Å². The Morgan fingerprint density at radius 3 is 2.86 bits per heavy atom. The van der Waals surface area contributed by atoms with Crippen molar-refractivity contribution in [3.8, 4) is 0 Å². The quantitative estimate of drug-likeness (QED) is 0.830. The maximum atomic E-state index is 6.16. The van der Waals surface area contributed by atoms with Crippen LogP contribution in [0.2, 0.25) is 5.02 Å². The van der Waals surface area contributed by atoms with Crippen molar-refractivity contribution in [1.29, 1.82) is 0 Å². The summed E-state index contributed by atoms with van der Waals surface area (Å²) in [7, 11) is 0. The molecule has 1 nitrogen and oxygen atoms in total. The molecule has 78 valence electrons. The summed E-state index contributed by atoms with van der Waals surface area (Å²) >= 11 is 7.93. The molecule has 1 saturated carbocycles. The minimum Gasteiger partial charge on any atom is -0.309 e. The molecule has 0 saturated heterocycles. The molecule has 0 bridgehead atoms. The third kappa shape index (κ3) is 1.97. The third-order valence-corrected chi connectivity index (χ3v) is 4.39. The standard InChI is InChI=1S/C11H16ClNS/c1-3-13-10(8-6-7(8)2)11-9(12)4-5-14-11/h4-5,7-8,10,13H,3,6H2,1-2H3. The summed E-state index contributed by atoms with van der Waals surface area (Å²) in [5.74, 6) is 1.66. The normalized spacial score (nSPS) is 27.6. The van der Waals surface area contributed by atoms with E-state index < -0.39 is 0 Å². The van der Waals surface area contributed by atoms with Crippen LogP contribution in [0, 0.1) is 11.8 Å². The molecule has 3 unspecified atom stereocenters. The van der Waals surface area contributed by atoms with Crippen LogP contribution in [0.15, 0.2) is 11.4 Å². The summed E-state index contributed by atoms with van der Waals surface area (Å²) in [4.78, 5) is 1.32. The Kier molecular flexibility index (Phi) is 3.15. The number of rotatable bonds is 4. The smallest absolute Gasteiger partial charge is 0.0561 e. The summed E-state index contributed by atoms with van der Waals surface area (Å²) in [6.45, 7) is 5.49. The zero-order chi connectivity index (χ0) is 10.1. The average Bonchev–Trinajstić information content (AvgIpc) is 2.71. The highest BCUT2D eigenvalue weighted by atomic mass is 35.5. The van der Waals surface area contributed by atoms with Gasteiger partial charge in [-0.1, -0.05) is 25.4 Å². The zero-order valence-electron chi connectivity index (χ0n) is 8.59. The van der Waals surface area contributed by atoms with Crippen LogP contribution in [-0.2, 0) is 0 Å². The molecule has 0 aliphatic heterocycles. The van der Waals surface area contributed by atoms with Gasteiger partial charge in [0.2, 0.25) is 0 Å². The Balaban J connectivity index is 2.14. The van der Waals surface area contributed by atoms with Gasteiger partial charge in [0.05, 0.1) is 5.02 Å². The second-order valence-corrected chi connectivity index (χ2v) is 5.40. The SMILES string of the molecule is CCNC(c1sccc1Cl)C1CC1C. The second-order valence-electron chi connectivity index (χ2n) is 4.04. The van der Waals surface area contributed by atoms with Crippen molar-refractivity contribution >= 4 is 22.9 Å². The van der Waals surface area contributed by atoms with Gasteiger partial charge in [-0.2, -0.15) is 0 Å². The monoisotopic (exact) mass is 229 g/mol. The van der Waals surface area contributed by atoms with Crippen molar-refractivity contribution in [1.82, 2.24) is 5.32 Å². The highest BCUT2D eigenvalue weighted by Crippen LogP contribution is 2.49. The maximum Gasteiger partial charge on any atom is 0.0561 e. The predicted octanol–water partition coefficient (Wildman–Crippen LogP) is 3.71. The van der Waals surface area contributed by atoms with Gasteiger partial charge >= 0.3 is 0 Å². The molecule has 0 aromatic carbocycles. The minimum atomic E-state index is 0.488. The van der Waals surface area contributed by atoms with E-state index in [1.165, 1.54) is 11.3 Å². The Labute approximate surface area is 94.5 Å². The molecule has 1 aliphatic carbocycles. The lowest BCUT2D eigenvalue weighted by atomic mass is 10.1. The van der Waals surface area contributed by atoms with Crippen LogP contribution in [0.1, 0.15) is 31.2 Å². The third-order valence-electron chi connectivity index (χ3n) is 2.95. The molecule has 0 amide bonds. The molecule has 0 radical (unpaired) electrons. The fourth-order valence-corrected chi connectivity index (χ4v) is 3.33. The average molecular weight is 230 g/mol. The van der Waals surface area contributed by atoms with Crippen molar-refractivity contribution in [3.63, 3.8) is 0 Å². The van der Waals surface area contributed by atoms with Crippen LogP contribution < -0.4 is 5.32 Å². The van der Waals surface area contributed by atoms with Gasteiger partial charge in [0.25, 0.3) is 0 Å². The van der Waals surface area contributed by atoms with Crippen molar-refractivity contribution < 1.29 is 0 Å². The number of hydrogen-bond acceptors (Lipinski definition) is 2. The van der Waals surface area contributed by atoms with Crippen molar-refractivity contribution in [3.05, 3.63) is 21.3 Å². The Morgan fingerprint density at radius 2 is 2.43 bits per heavy atom. The van der Waals surface area contributed by atoms with Gasteiger partial charge in [0, 0.05) is 10.9 Å². The summed E-state index contributed by atoms with van der Waals surface area (Å²) in [5, 5.41) is 6.55. The van der Waals surface area contributed by atoms with Crippen molar-refractivity contribution in [2.24, 2.45) is 11.8 Å². The number of nitrogens with one attached hydrogen (secondary N) is 1. The molecule has 1 heterocycles. The summed E-state index contributed by atoms with van der Waals surface area (Å²) < 4.78 is 0. The summed E-state index contributed by atoms with van der Waals surface area (Å²) in [6.07, 6.45) is 1.34. The molecule has 2 rings (SSSR count). The van der Waals surface area contributed by atoms with Gasteiger partial charge in [-0.25, -0.2) is 0 Å². The van der Waals surface area contributed by atoms with E-state index in [0.717, 1.165) is 23.4 Å². The molecule has 14 heavy (non-hydrogen) atoms. The summed E-state index contributed by atoms with van der Waals surface area (Å²) in [6, 6.07) is 2.49. The van der Waals surface area contributed by atoms with E-state index in [-0.39, 0.29) is 0 Å². The van der Waals surface area contributed by atoms with E-state index in [2.05, 4.69) is 24.5 Å². The Morgan fingerprint density at radius 1 is 1.71 bits per heavy atom. The van der Waals surface area contributed by atoms with E-state index in [9.17, 15) is 0 Å². The van der Waals surface area contributed by atoms with Crippen LogP contribution in [0.4, 0.5) is 0 Å². The minimum absolute atomic E-state index is 0.488. The van der Waals surface area contributed by atoms with Gasteiger partial charge in [-0.3, -0.25) is 0 Å². The maximum absolute atomic E-state index is 6.16. The molecule has 0 spiro atoms. The lowest BCUT2D eigenvalue weighted by Gasteiger charge is -2.16. The first-order valence-electron chi connectivity index (χ1n) is 5.20. The topological polar surface area (TPSA) is 12.0 Å². The Bertz CT molecular complexity index is 310. The fraction of sp³-hybridized carbons (Fsp3) is 0.636. The van der Waals surface area contributed by atoms with E-state index in [1.807, 2.05) is 6.07 Å². The molecule has 1 aromatic rings. The first kappa shape index (κ1) is 10.5. The number of halogens is 1. The summed E-state index contributed by atoms with van der Waals surface area (Å²) in [5.41, 5.74) is 0. The number of hydrogen-bond donors (Lipinski definition) is 1. The van der Waals surface area contributed by atoms with Crippen LogP contribution in [0.5, 0.6) is 0 Å². The van der Waals surface area contributed by atoms with E-state index >= 15 is 0 Å². The predicted molar refractivity (Wildman–Crippen MR) is 63.0 cm³/mol. The van der Waals surface area contributed by atoms with Crippen molar-refractivity contribution in [2.45, 2.75) is 26.3 Å². The molecule has 3 atom stereocenters. The molecule has 1 N–H and O–H groups in total. The van der Waals surface area contributed by atoms with Crippen LogP contribution in [0.25, 0.3) is 0 Å². The van der Waals surface area contributed by atoms with Gasteiger partial charge in [0.1, 0.15) is 0 Å². The number of thiophene rings is 1. The van der Waals surface area contributed by atoms with Crippen LogP contribution in [0.3, 0.4) is 0 Å². The molecule has 1 aromatic heterocycles. The highest BCUT2D eigenvalue weighted by Gasteiger charge is 2.40. The largest absolute Gasteiger partial charge is 0.309 e. The van der Waals surface area contributed by atoms with E-state index in [0.29, 0.717) is 6.04 Å². The van der Waals surface area contributed by atoms with Gasteiger partial charge in [0.15, 0.2) is 0 Å². The first-order chi connectivity index (χ1) is 6.74. The Hall–Kier alpha value is -0.0500. The first-order valence-corrected chi connectivity index (χ1v) is 6.46. The molecule has 1 aliphatic rings. The zero-order valence-corrected chi connectivity index (χ0v) is 10.2. The van der Waals surface area contributed by atoms with Gasteiger partial charge in [-0.05, 0) is 36.2 Å². The van der Waals surface area contributed by atoms with Gasteiger partial charge in [-0.15, -0.1) is 11.3 Å². The molecular weight excluding hydrogens is 214 g/mol. The highest BCUT2D eigenvalue weighted by molar-refractivity contribution is 7.10. The van der Waals surface area contributed by atoms with Crippen LogP contribution >= 0.6 is 22.9 Å². The molecule has 3 heteroatoms. The fourth-order valence-electron chi connectivity index (χ4n) is 2.00. The van der Waals surface area contributed by atoms with Gasteiger partial charge < -0.3 is 5.32 Å². The molecular formula is C11H16ClNS. The lowest BCUT2D eigenvalue weighted by molar-refractivity contribution is 0.483.